The standard InChI is InChI=1S/C18H27ClN4OS.HI/c1-20-18(21-11-10-17(24)23-15-4-2-3-5-15)22-12-13-25-16-8-6-14(19)7-9-16;/h6-9,15H,2-5,10-13H2,1H3,(H,23,24)(H2,20,21,22);1H. The Morgan fingerprint density at radius 2 is 1.85 bits per heavy atom. The van der Waals surface area contributed by atoms with Crippen molar-refractivity contribution in [2.75, 3.05) is 25.9 Å². The summed E-state index contributed by atoms with van der Waals surface area (Å²) in [6.45, 7) is 1.38. The lowest BCUT2D eigenvalue weighted by molar-refractivity contribution is -0.121. The summed E-state index contributed by atoms with van der Waals surface area (Å²) >= 11 is 7.64. The molecule has 1 aromatic rings. The first kappa shape index (κ1) is 23.4. The third kappa shape index (κ3) is 9.32. The summed E-state index contributed by atoms with van der Waals surface area (Å²) in [4.78, 5) is 17.3. The van der Waals surface area contributed by atoms with Crippen molar-refractivity contribution in [3.8, 4) is 0 Å². The van der Waals surface area contributed by atoms with Crippen molar-refractivity contribution in [1.82, 2.24) is 16.0 Å². The average molecular weight is 511 g/mol. The molecule has 8 heteroatoms. The number of hydrogen-bond acceptors (Lipinski definition) is 3. The SMILES string of the molecule is CN=C(NCCSc1ccc(Cl)cc1)NCCC(=O)NC1CCCC1.I. The maximum atomic E-state index is 11.9. The van der Waals surface area contributed by atoms with Crippen molar-refractivity contribution in [2.24, 2.45) is 4.99 Å². The second-order valence-electron chi connectivity index (χ2n) is 6.03. The van der Waals surface area contributed by atoms with Crippen LogP contribution in [0.25, 0.3) is 0 Å². The quantitative estimate of drug-likeness (QED) is 0.164. The number of nitrogens with one attached hydrogen (secondary N) is 3. The molecule has 2 rings (SSSR count). The van der Waals surface area contributed by atoms with Crippen LogP contribution in [0.5, 0.6) is 0 Å². The first-order valence-corrected chi connectivity index (χ1v) is 10.2. The summed E-state index contributed by atoms with van der Waals surface area (Å²) in [5.74, 6) is 1.77. The minimum Gasteiger partial charge on any atom is -0.356 e. The van der Waals surface area contributed by atoms with Crippen LogP contribution in [0.1, 0.15) is 32.1 Å². The summed E-state index contributed by atoms with van der Waals surface area (Å²) < 4.78 is 0. The zero-order chi connectivity index (χ0) is 17.9. The molecule has 0 bridgehead atoms. The molecule has 0 saturated heterocycles. The number of hydrogen-bond donors (Lipinski definition) is 3. The van der Waals surface area contributed by atoms with Crippen molar-refractivity contribution >= 4 is 59.2 Å². The molecule has 146 valence electrons. The normalized spacial score (nSPS) is 14.6. The molecule has 1 aliphatic carbocycles. The van der Waals surface area contributed by atoms with Gasteiger partial charge in [-0.05, 0) is 37.1 Å². The van der Waals surface area contributed by atoms with E-state index in [0.29, 0.717) is 19.0 Å². The number of carbonyl (C=O) groups is 1. The van der Waals surface area contributed by atoms with Gasteiger partial charge in [-0.15, -0.1) is 35.7 Å². The van der Waals surface area contributed by atoms with E-state index in [9.17, 15) is 4.79 Å². The number of thioether (sulfide) groups is 1. The lowest BCUT2D eigenvalue weighted by Crippen LogP contribution is -2.41. The van der Waals surface area contributed by atoms with Gasteiger partial charge in [0.2, 0.25) is 5.91 Å². The van der Waals surface area contributed by atoms with Crippen LogP contribution in [-0.2, 0) is 4.79 Å². The molecule has 1 aliphatic rings. The molecule has 0 spiro atoms. The summed E-state index contributed by atoms with van der Waals surface area (Å²) in [7, 11) is 1.74. The number of nitrogens with zero attached hydrogens (tertiary/aromatic N) is 1. The first-order chi connectivity index (χ1) is 12.2. The van der Waals surface area contributed by atoms with Crippen LogP contribution in [0.3, 0.4) is 0 Å². The molecule has 0 heterocycles. The number of carbonyl (C=O) groups excluding carboxylic acids is 1. The zero-order valence-corrected chi connectivity index (χ0v) is 19.0. The van der Waals surface area contributed by atoms with Crippen LogP contribution < -0.4 is 16.0 Å². The van der Waals surface area contributed by atoms with Crippen molar-refractivity contribution in [3.05, 3.63) is 29.3 Å². The van der Waals surface area contributed by atoms with Crippen molar-refractivity contribution in [2.45, 2.75) is 43.0 Å². The third-order valence-electron chi connectivity index (χ3n) is 4.07. The topological polar surface area (TPSA) is 65.5 Å². The molecule has 0 unspecified atom stereocenters. The predicted octanol–water partition coefficient (Wildman–Crippen LogP) is 3.66. The van der Waals surface area contributed by atoms with Crippen molar-refractivity contribution in [1.29, 1.82) is 0 Å². The molecule has 0 atom stereocenters. The van der Waals surface area contributed by atoms with Gasteiger partial charge in [0, 0.05) is 48.3 Å². The van der Waals surface area contributed by atoms with E-state index in [-0.39, 0.29) is 29.9 Å². The molecule has 1 fully saturated rings. The lowest BCUT2D eigenvalue weighted by Gasteiger charge is -2.14. The van der Waals surface area contributed by atoms with Crippen molar-refractivity contribution in [3.63, 3.8) is 0 Å². The van der Waals surface area contributed by atoms with Crippen molar-refractivity contribution < 1.29 is 4.79 Å². The maximum absolute atomic E-state index is 11.9. The van der Waals surface area contributed by atoms with E-state index in [1.807, 2.05) is 24.3 Å². The molecule has 3 N–H and O–H groups in total. The van der Waals surface area contributed by atoms with Gasteiger partial charge in [0.05, 0.1) is 0 Å². The Labute approximate surface area is 182 Å². The van der Waals surface area contributed by atoms with Crippen LogP contribution >= 0.6 is 47.3 Å². The molecule has 0 aromatic heterocycles. The highest BCUT2D eigenvalue weighted by Gasteiger charge is 2.16. The van der Waals surface area contributed by atoms with Crippen LogP contribution in [0, 0.1) is 0 Å². The Balaban J connectivity index is 0.00000338. The highest BCUT2D eigenvalue weighted by Crippen LogP contribution is 2.19. The van der Waals surface area contributed by atoms with Gasteiger partial charge < -0.3 is 16.0 Å². The molecule has 0 aliphatic heterocycles. The zero-order valence-electron chi connectivity index (χ0n) is 15.1. The smallest absolute Gasteiger partial charge is 0.221 e. The molecule has 5 nitrogen and oxygen atoms in total. The first-order valence-electron chi connectivity index (χ1n) is 8.79. The number of halogens is 2. The Morgan fingerprint density at radius 1 is 1.19 bits per heavy atom. The summed E-state index contributed by atoms with van der Waals surface area (Å²) in [6.07, 6.45) is 5.17. The molecular formula is C18H28ClIN4OS. The molecule has 1 saturated carbocycles. The second-order valence-corrected chi connectivity index (χ2v) is 7.63. The molecule has 0 radical (unpaired) electrons. The van der Waals surface area contributed by atoms with Gasteiger partial charge >= 0.3 is 0 Å². The second kappa shape index (κ2) is 13.5. The lowest BCUT2D eigenvalue weighted by atomic mass is 10.2. The molecule has 1 aromatic carbocycles. The number of guanidine groups is 1. The summed E-state index contributed by atoms with van der Waals surface area (Å²) in [5.41, 5.74) is 0. The van der Waals surface area contributed by atoms with E-state index >= 15 is 0 Å². The monoisotopic (exact) mass is 510 g/mol. The highest BCUT2D eigenvalue weighted by molar-refractivity contribution is 14.0. The van der Waals surface area contributed by atoms with Gasteiger partial charge in [-0.3, -0.25) is 9.79 Å². The van der Waals surface area contributed by atoms with E-state index in [1.165, 1.54) is 17.7 Å². The van der Waals surface area contributed by atoms with Crippen LogP contribution in [0.2, 0.25) is 5.02 Å². The number of aliphatic imine (C=N–C) groups is 1. The molecular weight excluding hydrogens is 483 g/mol. The van der Waals surface area contributed by atoms with E-state index in [1.54, 1.807) is 18.8 Å². The Bertz CT molecular complexity index is 565. The minimum atomic E-state index is 0. The number of benzene rings is 1. The van der Waals surface area contributed by atoms with Gasteiger partial charge in [0.15, 0.2) is 5.96 Å². The Kier molecular flexibility index (Phi) is 12.1. The Hall–Kier alpha value is -0.670. The molecule has 26 heavy (non-hydrogen) atoms. The fourth-order valence-corrected chi connectivity index (χ4v) is 3.65. The fourth-order valence-electron chi connectivity index (χ4n) is 2.75. The number of amides is 1. The van der Waals surface area contributed by atoms with Crippen LogP contribution in [0.4, 0.5) is 0 Å². The fraction of sp³-hybridized carbons (Fsp3) is 0.556. The summed E-state index contributed by atoms with van der Waals surface area (Å²) in [6, 6.07) is 8.21. The van der Waals surface area contributed by atoms with Gasteiger partial charge in [-0.25, -0.2) is 0 Å². The van der Waals surface area contributed by atoms with E-state index in [0.717, 1.165) is 36.1 Å². The molecule has 1 amide bonds. The van der Waals surface area contributed by atoms with Gasteiger partial charge in [-0.1, -0.05) is 24.4 Å². The Morgan fingerprint density at radius 3 is 2.50 bits per heavy atom. The van der Waals surface area contributed by atoms with E-state index in [2.05, 4.69) is 20.9 Å². The van der Waals surface area contributed by atoms with Crippen LogP contribution in [0.15, 0.2) is 34.2 Å². The third-order valence-corrected chi connectivity index (χ3v) is 5.33. The summed E-state index contributed by atoms with van der Waals surface area (Å²) in [5, 5.41) is 10.3. The largest absolute Gasteiger partial charge is 0.356 e. The van der Waals surface area contributed by atoms with Crippen LogP contribution in [-0.4, -0.2) is 43.8 Å². The predicted molar refractivity (Wildman–Crippen MR) is 122 cm³/mol. The van der Waals surface area contributed by atoms with Gasteiger partial charge in [0.25, 0.3) is 0 Å². The maximum Gasteiger partial charge on any atom is 0.221 e. The minimum absolute atomic E-state index is 0. The van der Waals surface area contributed by atoms with E-state index < -0.39 is 0 Å². The van der Waals surface area contributed by atoms with Gasteiger partial charge in [0.1, 0.15) is 0 Å². The number of rotatable bonds is 8. The van der Waals surface area contributed by atoms with E-state index in [4.69, 9.17) is 11.6 Å². The average Bonchev–Trinajstić information content (AvgIpc) is 3.11. The van der Waals surface area contributed by atoms with Gasteiger partial charge in [-0.2, -0.15) is 0 Å². The highest BCUT2D eigenvalue weighted by atomic mass is 127.